The second kappa shape index (κ2) is 5.68. The van der Waals surface area contributed by atoms with Gasteiger partial charge in [0.1, 0.15) is 5.60 Å². The van der Waals surface area contributed by atoms with Gasteiger partial charge in [0.2, 0.25) is 11.8 Å². The number of rotatable bonds is 3. The summed E-state index contributed by atoms with van der Waals surface area (Å²) in [6.45, 7) is 5.86. The molecule has 0 atom stereocenters. The van der Waals surface area contributed by atoms with E-state index in [0.717, 1.165) is 0 Å². The number of pyridine rings is 2. The average Bonchev–Trinajstić information content (AvgIpc) is 2.90. The highest BCUT2D eigenvalue weighted by molar-refractivity contribution is 6.03. The molecule has 0 aliphatic heterocycles. The predicted molar refractivity (Wildman–Crippen MR) is 85.6 cm³/mol. The zero-order chi connectivity index (χ0) is 16.4. The molecule has 0 saturated carbocycles. The molecule has 1 N–H and O–H groups in total. The first-order valence-corrected chi connectivity index (χ1v) is 7.18. The third-order valence-electron chi connectivity index (χ3n) is 2.88. The summed E-state index contributed by atoms with van der Waals surface area (Å²) in [5.74, 6) is 0.459. The van der Waals surface area contributed by atoms with Gasteiger partial charge in [-0.05, 0) is 39.0 Å². The van der Waals surface area contributed by atoms with Crippen LogP contribution in [0.15, 0.2) is 42.7 Å². The van der Waals surface area contributed by atoms with E-state index >= 15 is 0 Å². The Balaban J connectivity index is 1.89. The third kappa shape index (κ3) is 3.45. The van der Waals surface area contributed by atoms with Gasteiger partial charge in [0.15, 0.2) is 5.65 Å². The molecule has 0 aromatic carbocycles. The van der Waals surface area contributed by atoms with Crippen molar-refractivity contribution in [3.05, 3.63) is 48.3 Å². The van der Waals surface area contributed by atoms with Gasteiger partial charge >= 0.3 is 0 Å². The van der Waals surface area contributed by atoms with Crippen LogP contribution in [0.25, 0.3) is 5.65 Å². The van der Waals surface area contributed by atoms with E-state index in [2.05, 4.69) is 20.4 Å². The van der Waals surface area contributed by atoms with Gasteiger partial charge < -0.3 is 4.74 Å². The molecule has 3 aromatic heterocycles. The quantitative estimate of drug-likeness (QED) is 0.804. The van der Waals surface area contributed by atoms with E-state index in [1.54, 1.807) is 35.0 Å². The minimum absolute atomic E-state index is 0.212. The molecular weight excluding hydrogens is 294 g/mol. The van der Waals surface area contributed by atoms with Gasteiger partial charge in [-0.25, -0.2) is 0 Å². The zero-order valence-electron chi connectivity index (χ0n) is 13.1. The van der Waals surface area contributed by atoms with Gasteiger partial charge in [-0.15, -0.1) is 5.10 Å². The minimum atomic E-state index is -0.362. The molecule has 118 valence electrons. The van der Waals surface area contributed by atoms with Crippen molar-refractivity contribution in [1.29, 1.82) is 0 Å². The highest BCUT2D eigenvalue weighted by atomic mass is 16.5. The molecule has 7 heteroatoms. The van der Waals surface area contributed by atoms with Crippen molar-refractivity contribution in [2.45, 2.75) is 26.4 Å². The summed E-state index contributed by atoms with van der Waals surface area (Å²) in [6, 6.07) is 8.80. The summed E-state index contributed by atoms with van der Waals surface area (Å²) in [5.41, 5.74) is 0.671. The van der Waals surface area contributed by atoms with Crippen LogP contribution in [0.2, 0.25) is 0 Å². The fraction of sp³-hybridized carbons (Fsp3) is 0.250. The third-order valence-corrected chi connectivity index (χ3v) is 2.88. The Morgan fingerprint density at radius 1 is 1.22 bits per heavy atom. The lowest BCUT2D eigenvalue weighted by molar-refractivity contribution is 0.102. The van der Waals surface area contributed by atoms with E-state index in [0.29, 0.717) is 17.1 Å². The van der Waals surface area contributed by atoms with Crippen LogP contribution in [-0.4, -0.2) is 31.1 Å². The lowest BCUT2D eigenvalue weighted by Crippen LogP contribution is -2.24. The predicted octanol–water partition coefficient (Wildman–Crippen LogP) is 2.55. The standard InChI is InChI=1S/C16H17N5O2/c1-16(2,3)23-13-8-4-7-12-18-15(20-21(12)13)19-14(22)11-6-5-9-17-10-11/h4-10H,1-3H3,(H,19,20,22). The number of fused-ring (bicyclic) bond motifs is 1. The summed E-state index contributed by atoms with van der Waals surface area (Å²) in [4.78, 5) is 20.3. The summed E-state index contributed by atoms with van der Waals surface area (Å²) in [5, 5.41) is 6.95. The second-order valence-electron chi connectivity index (χ2n) is 5.98. The molecule has 0 aliphatic carbocycles. The monoisotopic (exact) mass is 311 g/mol. The molecule has 0 aliphatic rings. The van der Waals surface area contributed by atoms with Gasteiger partial charge in [-0.1, -0.05) is 6.07 Å². The minimum Gasteiger partial charge on any atom is -0.472 e. The second-order valence-corrected chi connectivity index (χ2v) is 5.98. The molecule has 3 aromatic rings. The Kier molecular flexibility index (Phi) is 3.69. The maximum absolute atomic E-state index is 12.1. The van der Waals surface area contributed by atoms with Crippen LogP contribution >= 0.6 is 0 Å². The fourth-order valence-corrected chi connectivity index (χ4v) is 2.00. The molecule has 0 fully saturated rings. The van der Waals surface area contributed by atoms with E-state index in [4.69, 9.17) is 4.74 Å². The number of nitrogens with one attached hydrogen (secondary N) is 1. The highest BCUT2D eigenvalue weighted by Crippen LogP contribution is 2.20. The molecule has 23 heavy (non-hydrogen) atoms. The van der Waals surface area contributed by atoms with E-state index in [1.165, 1.54) is 6.20 Å². The summed E-state index contributed by atoms with van der Waals surface area (Å²) in [7, 11) is 0. The van der Waals surface area contributed by atoms with Gasteiger partial charge in [0, 0.05) is 18.5 Å². The Labute approximate surface area is 133 Å². The van der Waals surface area contributed by atoms with Crippen molar-refractivity contribution in [3.63, 3.8) is 0 Å². The van der Waals surface area contributed by atoms with Crippen molar-refractivity contribution in [3.8, 4) is 5.88 Å². The topological polar surface area (TPSA) is 81.4 Å². The number of ether oxygens (including phenoxy) is 1. The number of hydrogen-bond acceptors (Lipinski definition) is 5. The maximum atomic E-state index is 12.1. The Bertz CT molecular complexity index is 837. The van der Waals surface area contributed by atoms with Crippen LogP contribution in [0.3, 0.4) is 0 Å². The summed E-state index contributed by atoms with van der Waals surface area (Å²) in [6.07, 6.45) is 3.09. The normalized spacial score (nSPS) is 11.4. The van der Waals surface area contributed by atoms with Crippen LogP contribution in [-0.2, 0) is 0 Å². The van der Waals surface area contributed by atoms with E-state index in [1.807, 2.05) is 26.8 Å². The van der Waals surface area contributed by atoms with Crippen molar-refractivity contribution >= 4 is 17.5 Å². The smallest absolute Gasteiger partial charge is 0.259 e. The van der Waals surface area contributed by atoms with Gasteiger partial charge in [0.05, 0.1) is 5.56 Å². The Hall–Kier alpha value is -2.96. The molecule has 0 spiro atoms. The first-order valence-electron chi connectivity index (χ1n) is 7.18. The number of anilines is 1. The average molecular weight is 311 g/mol. The van der Waals surface area contributed by atoms with Crippen molar-refractivity contribution in [1.82, 2.24) is 19.6 Å². The van der Waals surface area contributed by atoms with Crippen LogP contribution < -0.4 is 10.1 Å². The van der Waals surface area contributed by atoms with E-state index in [-0.39, 0.29) is 17.5 Å². The van der Waals surface area contributed by atoms with Crippen molar-refractivity contribution < 1.29 is 9.53 Å². The molecule has 0 saturated heterocycles. The first kappa shape index (κ1) is 15.0. The van der Waals surface area contributed by atoms with Crippen LogP contribution in [0.5, 0.6) is 5.88 Å². The molecule has 0 unspecified atom stereocenters. The fourth-order valence-electron chi connectivity index (χ4n) is 2.00. The molecular formula is C16H17N5O2. The number of nitrogens with zero attached hydrogens (tertiary/aromatic N) is 4. The highest BCUT2D eigenvalue weighted by Gasteiger charge is 2.16. The largest absolute Gasteiger partial charge is 0.472 e. The lowest BCUT2D eigenvalue weighted by Gasteiger charge is -2.21. The molecule has 3 heterocycles. The van der Waals surface area contributed by atoms with Crippen LogP contribution in [0, 0.1) is 0 Å². The van der Waals surface area contributed by atoms with Crippen LogP contribution in [0.4, 0.5) is 5.95 Å². The molecule has 1 amide bonds. The SMILES string of the molecule is CC(C)(C)Oc1cccc2nc(NC(=O)c3cccnc3)nn12. The van der Waals surface area contributed by atoms with Gasteiger partial charge in [0.25, 0.3) is 5.91 Å². The summed E-state index contributed by atoms with van der Waals surface area (Å²) < 4.78 is 7.42. The number of carbonyl (C=O) groups excluding carboxylic acids is 1. The number of carbonyl (C=O) groups is 1. The lowest BCUT2D eigenvalue weighted by atomic mass is 10.2. The van der Waals surface area contributed by atoms with Crippen molar-refractivity contribution in [2.24, 2.45) is 0 Å². The Morgan fingerprint density at radius 2 is 2.04 bits per heavy atom. The first-order chi connectivity index (χ1) is 10.9. The van der Waals surface area contributed by atoms with E-state index in [9.17, 15) is 4.79 Å². The van der Waals surface area contributed by atoms with Gasteiger partial charge in [-0.2, -0.15) is 9.50 Å². The number of hydrogen-bond donors (Lipinski definition) is 1. The molecule has 0 radical (unpaired) electrons. The van der Waals surface area contributed by atoms with Gasteiger partial charge in [-0.3, -0.25) is 15.1 Å². The zero-order valence-corrected chi connectivity index (χ0v) is 13.1. The number of amides is 1. The molecule has 3 rings (SSSR count). The van der Waals surface area contributed by atoms with Crippen molar-refractivity contribution in [2.75, 3.05) is 5.32 Å². The maximum Gasteiger partial charge on any atom is 0.259 e. The molecule has 0 bridgehead atoms. The Morgan fingerprint density at radius 3 is 2.74 bits per heavy atom. The van der Waals surface area contributed by atoms with Crippen LogP contribution in [0.1, 0.15) is 31.1 Å². The molecule has 7 nitrogen and oxygen atoms in total. The summed E-state index contributed by atoms with van der Waals surface area (Å²) >= 11 is 0. The number of aromatic nitrogens is 4. The van der Waals surface area contributed by atoms with E-state index < -0.39 is 0 Å².